The van der Waals surface area contributed by atoms with Gasteiger partial charge in [-0.2, -0.15) is 5.10 Å². The number of halogens is 1. The molecule has 6 heteroatoms. The van der Waals surface area contributed by atoms with Crippen LogP contribution in [-0.4, -0.2) is 26.0 Å². The molecule has 0 amide bonds. The first kappa shape index (κ1) is 12.6. The predicted molar refractivity (Wildman–Crippen MR) is 72.3 cm³/mol. The van der Waals surface area contributed by atoms with Gasteiger partial charge in [0.2, 0.25) is 0 Å². The van der Waals surface area contributed by atoms with Gasteiger partial charge in [-0.25, -0.2) is 9.67 Å². The van der Waals surface area contributed by atoms with Crippen molar-refractivity contribution in [3.63, 3.8) is 0 Å². The van der Waals surface area contributed by atoms with Crippen LogP contribution in [0, 0.1) is 0 Å². The van der Waals surface area contributed by atoms with Crippen LogP contribution in [0.15, 0.2) is 23.3 Å². The second-order valence-electron chi connectivity index (χ2n) is 4.88. The van der Waals surface area contributed by atoms with Gasteiger partial charge in [0.25, 0.3) is 5.56 Å². The minimum Gasteiger partial charge on any atom is -0.391 e. The van der Waals surface area contributed by atoms with Gasteiger partial charge in [-0.05, 0) is 18.9 Å². The minimum atomic E-state index is -0.506. The normalized spacial score (nSPS) is 23.7. The first-order chi connectivity index (χ1) is 9.18. The third-order valence-corrected chi connectivity index (χ3v) is 4.00. The molecule has 1 N–H and O–H groups in total. The molecule has 2 aromatic rings. The second-order valence-corrected chi connectivity index (χ2v) is 5.23. The maximum absolute atomic E-state index is 12.4. The number of aromatic nitrogens is 3. The lowest BCUT2D eigenvalue weighted by molar-refractivity contribution is 0.0672. The number of hydrogen-bond donors (Lipinski definition) is 1. The zero-order valence-corrected chi connectivity index (χ0v) is 11.0. The highest BCUT2D eigenvalue weighted by Gasteiger charge is 2.26. The molecule has 0 unspecified atom stereocenters. The molecule has 0 bridgehead atoms. The van der Waals surface area contributed by atoms with Gasteiger partial charge in [0.1, 0.15) is 5.15 Å². The van der Waals surface area contributed by atoms with Crippen molar-refractivity contribution in [2.24, 2.45) is 0 Å². The van der Waals surface area contributed by atoms with Crippen molar-refractivity contribution in [2.75, 3.05) is 0 Å². The molecule has 2 heterocycles. The molecule has 2 aromatic heterocycles. The van der Waals surface area contributed by atoms with Crippen LogP contribution in [0.4, 0.5) is 0 Å². The third-order valence-electron chi connectivity index (χ3n) is 3.70. The van der Waals surface area contributed by atoms with Crippen molar-refractivity contribution in [3.8, 4) is 0 Å². The van der Waals surface area contributed by atoms with E-state index in [0.29, 0.717) is 17.2 Å². The van der Waals surface area contributed by atoms with Crippen molar-refractivity contribution in [1.82, 2.24) is 14.8 Å². The maximum Gasteiger partial charge on any atom is 0.275 e. The molecular formula is C13H14ClN3O2. The number of aliphatic hydroxyl groups is 1. The fourth-order valence-corrected chi connectivity index (χ4v) is 2.87. The molecule has 19 heavy (non-hydrogen) atoms. The zero-order chi connectivity index (χ0) is 13.4. The van der Waals surface area contributed by atoms with Crippen molar-refractivity contribution >= 4 is 22.4 Å². The molecule has 1 aliphatic carbocycles. The smallest absolute Gasteiger partial charge is 0.275 e. The standard InChI is InChI=1S/C13H14ClN3O2/c14-12-9-7-16-17(10-3-1-2-4-11(10)18)13(19)8(9)5-6-15-12/h5-7,10-11,18H,1-4H2/t10-,11-/m1/s1. The van der Waals surface area contributed by atoms with Crippen LogP contribution in [0.1, 0.15) is 31.7 Å². The summed E-state index contributed by atoms with van der Waals surface area (Å²) in [7, 11) is 0. The van der Waals surface area contributed by atoms with Gasteiger partial charge in [0, 0.05) is 11.6 Å². The average molecular weight is 280 g/mol. The van der Waals surface area contributed by atoms with E-state index in [-0.39, 0.29) is 16.8 Å². The highest BCUT2D eigenvalue weighted by molar-refractivity contribution is 6.34. The van der Waals surface area contributed by atoms with Crippen molar-refractivity contribution in [2.45, 2.75) is 37.8 Å². The Morgan fingerprint density at radius 1 is 1.32 bits per heavy atom. The van der Waals surface area contributed by atoms with Gasteiger partial charge in [0.15, 0.2) is 0 Å². The summed E-state index contributed by atoms with van der Waals surface area (Å²) < 4.78 is 1.39. The third kappa shape index (κ3) is 2.13. The summed E-state index contributed by atoms with van der Waals surface area (Å²) in [6, 6.07) is 1.40. The van der Waals surface area contributed by atoms with Gasteiger partial charge in [0.05, 0.1) is 23.7 Å². The number of aliphatic hydroxyl groups excluding tert-OH is 1. The monoisotopic (exact) mass is 279 g/mol. The van der Waals surface area contributed by atoms with Crippen LogP contribution in [0.2, 0.25) is 5.15 Å². The van der Waals surface area contributed by atoms with Gasteiger partial charge >= 0.3 is 0 Å². The molecule has 3 rings (SSSR count). The summed E-state index contributed by atoms with van der Waals surface area (Å²) in [5.41, 5.74) is -0.215. The van der Waals surface area contributed by atoms with E-state index in [9.17, 15) is 9.90 Å². The second kappa shape index (κ2) is 4.90. The van der Waals surface area contributed by atoms with Crippen LogP contribution in [-0.2, 0) is 0 Å². The number of nitrogens with zero attached hydrogens (tertiary/aromatic N) is 3. The van der Waals surface area contributed by atoms with Crippen LogP contribution >= 0.6 is 11.6 Å². The van der Waals surface area contributed by atoms with Crippen molar-refractivity contribution in [1.29, 1.82) is 0 Å². The molecule has 1 saturated carbocycles. The Balaban J connectivity index is 2.15. The van der Waals surface area contributed by atoms with Crippen LogP contribution in [0.5, 0.6) is 0 Å². The summed E-state index contributed by atoms with van der Waals surface area (Å²) in [4.78, 5) is 16.4. The Morgan fingerprint density at radius 2 is 2.11 bits per heavy atom. The molecule has 1 aliphatic rings. The molecule has 0 spiro atoms. The molecule has 1 fully saturated rings. The number of pyridine rings is 1. The largest absolute Gasteiger partial charge is 0.391 e. The van der Waals surface area contributed by atoms with E-state index < -0.39 is 6.10 Å². The fraction of sp³-hybridized carbons (Fsp3) is 0.462. The van der Waals surface area contributed by atoms with E-state index in [2.05, 4.69) is 10.1 Å². The van der Waals surface area contributed by atoms with Crippen LogP contribution in [0.3, 0.4) is 0 Å². The summed E-state index contributed by atoms with van der Waals surface area (Å²) in [5, 5.41) is 15.5. The van der Waals surface area contributed by atoms with Gasteiger partial charge in [-0.1, -0.05) is 24.4 Å². The highest BCUT2D eigenvalue weighted by atomic mass is 35.5. The molecule has 0 saturated heterocycles. The lowest BCUT2D eigenvalue weighted by atomic mass is 9.92. The molecule has 5 nitrogen and oxygen atoms in total. The topological polar surface area (TPSA) is 68.0 Å². The first-order valence-electron chi connectivity index (χ1n) is 6.38. The summed E-state index contributed by atoms with van der Waals surface area (Å²) in [6.45, 7) is 0. The Morgan fingerprint density at radius 3 is 2.89 bits per heavy atom. The van der Waals surface area contributed by atoms with E-state index >= 15 is 0 Å². The molecular weight excluding hydrogens is 266 g/mol. The summed E-state index contributed by atoms with van der Waals surface area (Å²) in [5.74, 6) is 0. The number of rotatable bonds is 1. The molecule has 100 valence electrons. The van der Waals surface area contributed by atoms with Crippen molar-refractivity contribution < 1.29 is 5.11 Å². The SMILES string of the molecule is O=c1c2ccnc(Cl)c2cnn1[C@@H]1CCCC[C@H]1O. The van der Waals surface area contributed by atoms with E-state index in [0.717, 1.165) is 19.3 Å². The quantitative estimate of drug-likeness (QED) is 0.810. The highest BCUT2D eigenvalue weighted by Crippen LogP contribution is 2.27. The Labute approximate surface area is 114 Å². The van der Waals surface area contributed by atoms with E-state index in [1.807, 2.05) is 0 Å². The molecule has 0 aromatic carbocycles. The average Bonchev–Trinajstić information content (AvgIpc) is 2.41. The summed E-state index contributed by atoms with van der Waals surface area (Å²) >= 11 is 5.95. The van der Waals surface area contributed by atoms with E-state index in [4.69, 9.17) is 11.6 Å². The molecule has 0 aliphatic heterocycles. The lowest BCUT2D eigenvalue weighted by Crippen LogP contribution is -2.36. The maximum atomic E-state index is 12.4. The Bertz CT molecular complexity index is 670. The first-order valence-corrected chi connectivity index (χ1v) is 6.76. The van der Waals surface area contributed by atoms with Crippen LogP contribution in [0.25, 0.3) is 10.8 Å². The van der Waals surface area contributed by atoms with Crippen molar-refractivity contribution in [3.05, 3.63) is 34.0 Å². The van der Waals surface area contributed by atoms with E-state index in [1.54, 1.807) is 12.3 Å². The number of hydrogen-bond acceptors (Lipinski definition) is 4. The zero-order valence-electron chi connectivity index (χ0n) is 10.3. The minimum absolute atomic E-state index is 0.215. The van der Waals surface area contributed by atoms with E-state index in [1.165, 1.54) is 10.9 Å². The van der Waals surface area contributed by atoms with Gasteiger partial charge in [-0.15, -0.1) is 0 Å². The molecule has 0 radical (unpaired) electrons. The Kier molecular flexibility index (Phi) is 3.24. The Hall–Kier alpha value is -1.46. The van der Waals surface area contributed by atoms with Gasteiger partial charge in [-0.3, -0.25) is 4.79 Å². The molecule has 2 atom stereocenters. The number of fused-ring (bicyclic) bond motifs is 1. The van der Waals surface area contributed by atoms with Gasteiger partial charge < -0.3 is 5.11 Å². The predicted octanol–water partition coefficient (Wildman–Crippen LogP) is 1.92. The summed E-state index contributed by atoms with van der Waals surface area (Å²) in [6.07, 6.45) is 6.04. The lowest BCUT2D eigenvalue weighted by Gasteiger charge is -2.28. The fourth-order valence-electron chi connectivity index (χ4n) is 2.67. The van der Waals surface area contributed by atoms with Crippen LogP contribution < -0.4 is 5.56 Å².